The fourth-order valence-electron chi connectivity index (χ4n) is 1.68. The van der Waals surface area contributed by atoms with Crippen LogP contribution in [0, 0.1) is 0 Å². The van der Waals surface area contributed by atoms with Crippen molar-refractivity contribution in [2.75, 3.05) is 5.06 Å². The Morgan fingerprint density at radius 3 is 1.82 bits per heavy atom. The van der Waals surface area contributed by atoms with Crippen LogP contribution in [0.15, 0.2) is 24.3 Å². The third-order valence-corrected chi connectivity index (χ3v) is 8.34. The van der Waals surface area contributed by atoms with E-state index in [9.17, 15) is 4.79 Å². The van der Waals surface area contributed by atoms with Crippen LogP contribution in [-0.2, 0) is 4.53 Å². The first-order chi connectivity index (χ1) is 9.75. The zero-order chi connectivity index (χ0) is 17.3. The van der Waals surface area contributed by atoms with E-state index < -0.39 is 14.3 Å². The maximum Gasteiger partial charge on any atom is 0.335 e. The number of aromatic carboxylic acids is 1. The zero-order valence-electron chi connectivity index (χ0n) is 15.0. The molecule has 1 aromatic carbocycles. The molecule has 4 nitrogen and oxygen atoms in total. The lowest BCUT2D eigenvalue weighted by Crippen LogP contribution is -2.52. The number of hydroxylamine groups is 1. The van der Waals surface area contributed by atoms with Gasteiger partial charge in [-0.2, -0.15) is 0 Å². The van der Waals surface area contributed by atoms with Crippen molar-refractivity contribution < 1.29 is 14.4 Å². The van der Waals surface area contributed by atoms with Gasteiger partial charge in [0.25, 0.3) is 0 Å². The number of nitrogens with zero attached hydrogens (tertiary/aromatic N) is 1. The lowest BCUT2D eigenvalue weighted by molar-refractivity contribution is 0.0697. The number of carbonyl (C=O) groups is 1. The molecule has 0 aromatic heterocycles. The summed E-state index contributed by atoms with van der Waals surface area (Å²) in [7, 11) is -1.99. The summed E-state index contributed by atoms with van der Waals surface area (Å²) in [6.07, 6.45) is 0. The Bertz CT molecular complexity index is 524. The highest BCUT2D eigenvalue weighted by atomic mass is 28.4. The summed E-state index contributed by atoms with van der Waals surface area (Å²) < 4.78 is 6.48. The van der Waals surface area contributed by atoms with Crippen molar-refractivity contribution in [3.8, 4) is 0 Å². The van der Waals surface area contributed by atoms with Gasteiger partial charge in [0.05, 0.1) is 16.8 Å². The van der Waals surface area contributed by atoms with Crippen LogP contribution >= 0.6 is 0 Å². The van der Waals surface area contributed by atoms with Crippen LogP contribution in [0.4, 0.5) is 5.69 Å². The Morgan fingerprint density at radius 1 is 1.05 bits per heavy atom. The fourth-order valence-corrected chi connectivity index (χ4v) is 2.79. The molecule has 22 heavy (non-hydrogen) atoms. The van der Waals surface area contributed by atoms with E-state index in [1.807, 2.05) is 17.2 Å². The van der Waals surface area contributed by atoms with Crippen LogP contribution in [-0.4, -0.2) is 24.9 Å². The molecule has 0 radical (unpaired) electrons. The van der Waals surface area contributed by atoms with Gasteiger partial charge in [-0.1, -0.05) is 20.8 Å². The van der Waals surface area contributed by atoms with E-state index in [1.165, 1.54) is 0 Å². The SMILES string of the molecule is CC(C)(C)N(O[Si](C)(C)C(C)(C)C)c1ccc(C(=O)O)cc1. The van der Waals surface area contributed by atoms with Crippen molar-refractivity contribution in [1.82, 2.24) is 0 Å². The molecular formula is C17H29NO3Si. The average Bonchev–Trinajstić information content (AvgIpc) is 2.33. The number of rotatable bonds is 4. The molecule has 1 aromatic rings. The maximum absolute atomic E-state index is 11.0. The molecule has 1 rings (SSSR count). The van der Waals surface area contributed by atoms with Gasteiger partial charge in [0, 0.05) is 0 Å². The average molecular weight is 324 g/mol. The van der Waals surface area contributed by atoms with Crippen LogP contribution in [0.5, 0.6) is 0 Å². The zero-order valence-corrected chi connectivity index (χ0v) is 16.0. The highest BCUT2D eigenvalue weighted by molar-refractivity contribution is 6.74. The molecule has 0 spiro atoms. The lowest BCUT2D eigenvalue weighted by Gasteiger charge is -2.45. The third-order valence-electron chi connectivity index (χ3n) is 4.08. The second-order valence-electron chi connectivity index (χ2n) is 8.17. The molecule has 5 heteroatoms. The van der Waals surface area contributed by atoms with E-state index in [0.29, 0.717) is 0 Å². The van der Waals surface area contributed by atoms with Gasteiger partial charge in [-0.05, 0) is 63.2 Å². The first-order valence-electron chi connectivity index (χ1n) is 7.58. The molecule has 1 N–H and O–H groups in total. The minimum Gasteiger partial charge on any atom is -0.478 e. The van der Waals surface area contributed by atoms with Gasteiger partial charge in [0.2, 0.25) is 8.32 Å². The maximum atomic E-state index is 11.0. The second-order valence-corrected chi connectivity index (χ2v) is 12.9. The van der Waals surface area contributed by atoms with Gasteiger partial charge in [0.15, 0.2) is 0 Å². The van der Waals surface area contributed by atoms with E-state index in [4.69, 9.17) is 9.63 Å². The number of hydrogen-bond acceptors (Lipinski definition) is 3. The quantitative estimate of drug-likeness (QED) is 0.630. The van der Waals surface area contributed by atoms with Gasteiger partial charge in [0.1, 0.15) is 0 Å². The van der Waals surface area contributed by atoms with E-state index >= 15 is 0 Å². The summed E-state index contributed by atoms with van der Waals surface area (Å²) in [4.78, 5) is 11.0. The van der Waals surface area contributed by atoms with Crippen molar-refractivity contribution in [1.29, 1.82) is 0 Å². The molecule has 0 aliphatic rings. The van der Waals surface area contributed by atoms with Gasteiger partial charge in [-0.25, -0.2) is 4.79 Å². The first-order valence-corrected chi connectivity index (χ1v) is 10.5. The van der Waals surface area contributed by atoms with Crippen LogP contribution < -0.4 is 5.06 Å². The highest BCUT2D eigenvalue weighted by Crippen LogP contribution is 2.39. The summed E-state index contributed by atoms with van der Waals surface area (Å²) in [5, 5.41) is 11.1. The molecular weight excluding hydrogens is 294 g/mol. The molecule has 0 aliphatic carbocycles. The van der Waals surface area contributed by atoms with Crippen LogP contribution in [0.25, 0.3) is 0 Å². The first kappa shape index (κ1) is 18.7. The molecule has 0 amide bonds. The van der Waals surface area contributed by atoms with Crippen molar-refractivity contribution in [2.45, 2.75) is 65.2 Å². The predicted octanol–water partition coefficient (Wildman–Crippen LogP) is 4.93. The topological polar surface area (TPSA) is 49.8 Å². The summed E-state index contributed by atoms with van der Waals surface area (Å²) >= 11 is 0. The van der Waals surface area contributed by atoms with E-state index in [1.54, 1.807) is 12.1 Å². The Morgan fingerprint density at radius 2 is 1.50 bits per heavy atom. The Kier molecular flexibility index (Phi) is 5.14. The predicted molar refractivity (Wildman–Crippen MR) is 93.9 cm³/mol. The van der Waals surface area contributed by atoms with E-state index in [0.717, 1.165) is 5.69 Å². The minimum atomic E-state index is -1.99. The number of benzene rings is 1. The number of carboxylic acids is 1. The summed E-state index contributed by atoms with van der Waals surface area (Å²) in [6.45, 7) is 17.3. The van der Waals surface area contributed by atoms with Crippen molar-refractivity contribution >= 4 is 20.0 Å². The Balaban J connectivity index is 3.18. The molecule has 0 atom stereocenters. The van der Waals surface area contributed by atoms with Crippen LogP contribution in [0.1, 0.15) is 51.9 Å². The van der Waals surface area contributed by atoms with E-state index in [2.05, 4.69) is 54.6 Å². The summed E-state index contributed by atoms with van der Waals surface area (Å²) in [5.41, 5.74) is 0.938. The molecule has 124 valence electrons. The smallest absolute Gasteiger partial charge is 0.335 e. The number of hydrogen-bond donors (Lipinski definition) is 1. The summed E-state index contributed by atoms with van der Waals surface area (Å²) in [5.74, 6) is -0.917. The molecule has 0 heterocycles. The standard InChI is InChI=1S/C17H29NO3Si/c1-16(2,3)18(21-22(7,8)17(4,5)6)14-11-9-13(10-12-14)15(19)20/h9-12H,1-8H3,(H,19,20). The summed E-state index contributed by atoms with van der Waals surface area (Å²) in [6, 6.07) is 6.85. The van der Waals surface area contributed by atoms with Crippen LogP contribution in [0.3, 0.4) is 0 Å². The van der Waals surface area contributed by atoms with Crippen LogP contribution in [0.2, 0.25) is 18.1 Å². The molecule has 0 saturated heterocycles. The third kappa shape index (κ3) is 4.33. The monoisotopic (exact) mass is 323 g/mol. The Hall–Kier alpha value is -1.33. The van der Waals surface area contributed by atoms with Crippen molar-refractivity contribution in [3.63, 3.8) is 0 Å². The molecule has 0 fully saturated rings. The van der Waals surface area contributed by atoms with Crippen molar-refractivity contribution in [3.05, 3.63) is 29.8 Å². The minimum absolute atomic E-state index is 0.0947. The molecule has 0 saturated carbocycles. The lowest BCUT2D eigenvalue weighted by atomic mass is 10.1. The normalized spacial score (nSPS) is 13.1. The highest BCUT2D eigenvalue weighted by Gasteiger charge is 2.41. The van der Waals surface area contributed by atoms with Gasteiger partial charge >= 0.3 is 5.97 Å². The van der Waals surface area contributed by atoms with Gasteiger partial charge in [-0.3, -0.25) is 5.06 Å². The van der Waals surface area contributed by atoms with Gasteiger partial charge in [-0.15, -0.1) is 0 Å². The fraction of sp³-hybridized carbons (Fsp3) is 0.588. The number of anilines is 1. The molecule has 0 aliphatic heterocycles. The Labute approximate surface area is 135 Å². The number of carboxylic acid groups (broad SMARTS) is 1. The second kappa shape index (κ2) is 6.05. The van der Waals surface area contributed by atoms with E-state index in [-0.39, 0.29) is 16.1 Å². The molecule has 0 bridgehead atoms. The van der Waals surface area contributed by atoms with Crippen molar-refractivity contribution in [2.24, 2.45) is 0 Å². The largest absolute Gasteiger partial charge is 0.478 e. The molecule has 0 unspecified atom stereocenters. The van der Waals surface area contributed by atoms with Gasteiger partial charge < -0.3 is 9.63 Å².